The Hall–Kier alpha value is -1.43. The van der Waals surface area contributed by atoms with Gasteiger partial charge in [0.1, 0.15) is 0 Å². The Labute approximate surface area is 108 Å². The number of hydrogen-bond donors (Lipinski definition) is 2. The third kappa shape index (κ3) is 6.34. The van der Waals surface area contributed by atoms with Gasteiger partial charge in [0.15, 0.2) is 0 Å². The van der Waals surface area contributed by atoms with Crippen LogP contribution >= 0.6 is 0 Å². The van der Waals surface area contributed by atoms with Crippen molar-refractivity contribution >= 4 is 5.91 Å². The van der Waals surface area contributed by atoms with Gasteiger partial charge < -0.3 is 10.6 Å². The summed E-state index contributed by atoms with van der Waals surface area (Å²) >= 11 is 0. The lowest BCUT2D eigenvalue weighted by Crippen LogP contribution is -2.24. The molecule has 1 aromatic rings. The number of nitrogens with zero attached hydrogens (tertiary/aromatic N) is 3. The molecule has 0 aliphatic carbocycles. The SMILES string of the molecule is CC(=O)NCCc1cn(CCCNC(C)C)nn1. The highest BCUT2D eigenvalue weighted by molar-refractivity contribution is 5.72. The van der Waals surface area contributed by atoms with Crippen molar-refractivity contribution in [2.24, 2.45) is 0 Å². The van der Waals surface area contributed by atoms with Crippen LogP contribution in [0.1, 0.15) is 32.9 Å². The largest absolute Gasteiger partial charge is 0.356 e. The van der Waals surface area contributed by atoms with Gasteiger partial charge in [-0.05, 0) is 13.0 Å². The van der Waals surface area contributed by atoms with E-state index < -0.39 is 0 Å². The van der Waals surface area contributed by atoms with Gasteiger partial charge in [0, 0.05) is 38.7 Å². The number of aromatic nitrogens is 3. The molecule has 18 heavy (non-hydrogen) atoms. The van der Waals surface area contributed by atoms with E-state index in [0.29, 0.717) is 12.6 Å². The number of amides is 1. The Morgan fingerprint density at radius 2 is 2.22 bits per heavy atom. The highest BCUT2D eigenvalue weighted by atomic mass is 16.1. The second kappa shape index (κ2) is 7.81. The Morgan fingerprint density at radius 1 is 1.44 bits per heavy atom. The average molecular weight is 253 g/mol. The van der Waals surface area contributed by atoms with Crippen LogP contribution in [0.2, 0.25) is 0 Å². The van der Waals surface area contributed by atoms with Crippen molar-refractivity contribution in [2.45, 2.75) is 46.2 Å². The maximum atomic E-state index is 10.7. The second-order valence-electron chi connectivity index (χ2n) is 4.67. The van der Waals surface area contributed by atoms with Crippen molar-refractivity contribution in [2.75, 3.05) is 13.1 Å². The fourth-order valence-electron chi connectivity index (χ4n) is 1.56. The molecule has 1 amide bonds. The van der Waals surface area contributed by atoms with Crippen LogP contribution in [0.25, 0.3) is 0 Å². The Morgan fingerprint density at radius 3 is 2.89 bits per heavy atom. The van der Waals surface area contributed by atoms with Crippen molar-refractivity contribution in [3.63, 3.8) is 0 Å². The molecule has 102 valence electrons. The molecule has 0 spiro atoms. The van der Waals surface area contributed by atoms with Crippen molar-refractivity contribution in [1.29, 1.82) is 0 Å². The van der Waals surface area contributed by atoms with Gasteiger partial charge in [-0.2, -0.15) is 0 Å². The van der Waals surface area contributed by atoms with Gasteiger partial charge in [0.05, 0.1) is 5.69 Å². The van der Waals surface area contributed by atoms with Crippen LogP contribution in [0, 0.1) is 0 Å². The number of nitrogens with one attached hydrogen (secondary N) is 2. The summed E-state index contributed by atoms with van der Waals surface area (Å²) in [5.41, 5.74) is 0.917. The van der Waals surface area contributed by atoms with E-state index in [2.05, 4.69) is 34.8 Å². The van der Waals surface area contributed by atoms with E-state index in [1.54, 1.807) is 0 Å². The van der Waals surface area contributed by atoms with E-state index in [0.717, 1.165) is 31.6 Å². The smallest absolute Gasteiger partial charge is 0.216 e. The lowest BCUT2D eigenvalue weighted by Gasteiger charge is -2.06. The summed E-state index contributed by atoms with van der Waals surface area (Å²) in [5, 5.41) is 14.2. The zero-order chi connectivity index (χ0) is 13.4. The van der Waals surface area contributed by atoms with E-state index >= 15 is 0 Å². The summed E-state index contributed by atoms with van der Waals surface area (Å²) in [5.74, 6) is -0.0119. The number of hydrogen-bond acceptors (Lipinski definition) is 4. The standard InChI is InChI=1S/C12H23N5O/c1-10(2)13-6-4-8-17-9-12(15-16-17)5-7-14-11(3)18/h9-10,13H,4-8H2,1-3H3,(H,14,18). The highest BCUT2D eigenvalue weighted by Crippen LogP contribution is 1.95. The summed E-state index contributed by atoms with van der Waals surface area (Å²) in [4.78, 5) is 10.7. The molecule has 1 rings (SSSR count). The minimum Gasteiger partial charge on any atom is -0.356 e. The molecule has 1 heterocycles. The fourth-order valence-corrected chi connectivity index (χ4v) is 1.56. The van der Waals surface area contributed by atoms with Gasteiger partial charge in [0.2, 0.25) is 5.91 Å². The molecule has 6 heteroatoms. The number of rotatable bonds is 8. The van der Waals surface area contributed by atoms with Crippen molar-refractivity contribution in [1.82, 2.24) is 25.6 Å². The Bertz CT molecular complexity index is 361. The molecule has 0 bridgehead atoms. The first-order valence-electron chi connectivity index (χ1n) is 6.44. The summed E-state index contributed by atoms with van der Waals surface area (Å²) in [6, 6.07) is 0.522. The second-order valence-corrected chi connectivity index (χ2v) is 4.67. The van der Waals surface area contributed by atoms with Crippen LogP contribution in [-0.2, 0) is 17.8 Å². The van der Waals surface area contributed by atoms with Gasteiger partial charge in [-0.1, -0.05) is 19.1 Å². The van der Waals surface area contributed by atoms with Gasteiger partial charge in [-0.15, -0.1) is 5.10 Å². The lowest BCUT2D eigenvalue weighted by molar-refractivity contribution is -0.118. The molecule has 0 unspecified atom stereocenters. The topological polar surface area (TPSA) is 71.8 Å². The summed E-state index contributed by atoms with van der Waals surface area (Å²) in [7, 11) is 0. The fraction of sp³-hybridized carbons (Fsp3) is 0.750. The third-order valence-corrected chi connectivity index (χ3v) is 2.46. The molecule has 0 aliphatic heterocycles. The van der Waals surface area contributed by atoms with Gasteiger partial charge in [0.25, 0.3) is 0 Å². The molecule has 2 N–H and O–H groups in total. The maximum absolute atomic E-state index is 10.7. The molecule has 1 aromatic heterocycles. The summed E-state index contributed by atoms with van der Waals surface area (Å²) in [6.07, 6.45) is 3.70. The van der Waals surface area contributed by atoms with Crippen LogP contribution in [0.3, 0.4) is 0 Å². The van der Waals surface area contributed by atoms with Crippen LogP contribution in [0.4, 0.5) is 0 Å². The molecular formula is C12H23N5O. The quantitative estimate of drug-likeness (QED) is 0.656. The van der Waals surface area contributed by atoms with Gasteiger partial charge in [-0.25, -0.2) is 0 Å². The molecule has 0 fully saturated rings. The van der Waals surface area contributed by atoms with Crippen molar-refractivity contribution in [3.8, 4) is 0 Å². The van der Waals surface area contributed by atoms with Gasteiger partial charge >= 0.3 is 0 Å². The lowest BCUT2D eigenvalue weighted by atomic mass is 10.3. The van der Waals surface area contributed by atoms with Crippen LogP contribution < -0.4 is 10.6 Å². The average Bonchev–Trinajstić information content (AvgIpc) is 2.72. The van der Waals surface area contributed by atoms with Crippen molar-refractivity contribution in [3.05, 3.63) is 11.9 Å². The number of aryl methyl sites for hydroxylation is 1. The maximum Gasteiger partial charge on any atom is 0.216 e. The molecule has 0 aromatic carbocycles. The summed E-state index contributed by atoms with van der Waals surface area (Å²) in [6.45, 7) is 8.25. The number of carbonyl (C=O) groups excluding carboxylic acids is 1. The zero-order valence-electron chi connectivity index (χ0n) is 11.4. The monoisotopic (exact) mass is 253 g/mol. The van der Waals surface area contributed by atoms with Crippen LogP contribution in [-0.4, -0.2) is 40.0 Å². The Balaban J connectivity index is 2.19. The zero-order valence-corrected chi connectivity index (χ0v) is 11.4. The number of carbonyl (C=O) groups is 1. The predicted molar refractivity (Wildman–Crippen MR) is 70.2 cm³/mol. The van der Waals surface area contributed by atoms with E-state index in [9.17, 15) is 4.79 Å². The molecule has 0 radical (unpaired) electrons. The van der Waals surface area contributed by atoms with E-state index in [-0.39, 0.29) is 5.91 Å². The van der Waals surface area contributed by atoms with Crippen LogP contribution in [0.5, 0.6) is 0 Å². The minimum atomic E-state index is -0.0119. The minimum absolute atomic E-state index is 0.0119. The molecular weight excluding hydrogens is 230 g/mol. The first-order chi connectivity index (χ1) is 8.58. The first kappa shape index (κ1) is 14.6. The van der Waals surface area contributed by atoms with Crippen molar-refractivity contribution < 1.29 is 4.79 Å². The Kier molecular flexibility index (Phi) is 6.35. The first-order valence-corrected chi connectivity index (χ1v) is 6.44. The van der Waals surface area contributed by atoms with Crippen LogP contribution in [0.15, 0.2) is 6.20 Å². The van der Waals surface area contributed by atoms with Gasteiger partial charge in [-0.3, -0.25) is 9.48 Å². The third-order valence-electron chi connectivity index (χ3n) is 2.46. The normalized spacial score (nSPS) is 10.9. The molecule has 6 nitrogen and oxygen atoms in total. The van der Waals surface area contributed by atoms with E-state index in [1.807, 2.05) is 10.9 Å². The molecule has 0 atom stereocenters. The molecule has 0 saturated heterocycles. The predicted octanol–water partition coefficient (Wildman–Crippen LogP) is 0.345. The highest BCUT2D eigenvalue weighted by Gasteiger charge is 2.01. The summed E-state index contributed by atoms with van der Waals surface area (Å²) < 4.78 is 1.85. The molecule has 0 aliphatic rings. The van der Waals surface area contributed by atoms with E-state index in [4.69, 9.17) is 0 Å². The van der Waals surface area contributed by atoms with E-state index in [1.165, 1.54) is 6.92 Å². The molecule has 0 saturated carbocycles.